The fourth-order valence-electron chi connectivity index (χ4n) is 2.49. The summed E-state index contributed by atoms with van der Waals surface area (Å²) >= 11 is 0. The van der Waals surface area contributed by atoms with E-state index < -0.39 is 17.7 Å². The van der Waals surface area contributed by atoms with Crippen molar-refractivity contribution in [3.63, 3.8) is 0 Å². The molecule has 1 aliphatic heterocycles. The number of nitrogens with one attached hydrogen (secondary N) is 2. The minimum absolute atomic E-state index is 0.171. The molecule has 1 unspecified atom stereocenters. The molecule has 2 heterocycles. The van der Waals surface area contributed by atoms with Crippen LogP contribution in [0.25, 0.3) is 10.4 Å². The highest BCUT2D eigenvalue weighted by molar-refractivity contribution is 5.96. The van der Waals surface area contributed by atoms with E-state index in [1.54, 1.807) is 34.6 Å². The highest BCUT2D eigenvalue weighted by atomic mass is 16.6. The lowest BCUT2D eigenvalue weighted by molar-refractivity contribution is 0.0519. The molecule has 1 aromatic heterocycles. The number of carbonyl (C=O) groups excluding carboxylic acids is 2. The number of ether oxygens (including phenoxy) is 3. The van der Waals surface area contributed by atoms with E-state index in [4.69, 9.17) is 20.8 Å². The van der Waals surface area contributed by atoms with Crippen molar-refractivity contribution < 1.29 is 23.8 Å². The Morgan fingerprint density at radius 2 is 2.15 bits per heavy atom. The highest BCUT2D eigenvalue weighted by Gasteiger charge is 2.29. The maximum absolute atomic E-state index is 12.1. The average Bonchev–Trinajstić information content (AvgIpc) is 3.08. The topological polar surface area (TPSA) is 94.0 Å². The molecule has 0 aliphatic carbocycles. The van der Waals surface area contributed by atoms with E-state index in [1.165, 1.54) is 6.07 Å². The molecule has 0 fully saturated rings. The molecule has 0 saturated carbocycles. The minimum atomic E-state index is -0.670. The predicted molar refractivity (Wildman–Crippen MR) is 95.5 cm³/mol. The van der Waals surface area contributed by atoms with Crippen LogP contribution in [0.5, 0.6) is 0 Å². The zero-order chi connectivity index (χ0) is 19.5. The molecule has 0 spiro atoms. The van der Waals surface area contributed by atoms with Crippen LogP contribution in [0.15, 0.2) is 11.8 Å². The van der Waals surface area contributed by atoms with E-state index in [0.717, 1.165) is 0 Å². The second-order valence-electron chi connectivity index (χ2n) is 6.75. The first-order chi connectivity index (χ1) is 12.2. The summed E-state index contributed by atoms with van der Waals surface area (Å²) in [6, 6.07) is 1.47. The monoisotopic (exact) mass is 361 g/mol. The quantitative estimate of drug-likeness (QED) is 0.631. The molecule has 0 bridgehead atoms. The second kappa shape index (κ2) is 7.62. The first-order valence-corrected chi connectivity index (χ1v) is 8.28. The molecule has 140 valence electrons. The average molecular weight is 361 g/mol. The minimum Gasteiger partial charge on any atom is -0.461 e. The number of rotatable bonds is 4. The van der Waals surface area contributed by atoms with Gasteiger partial charge in [0.25, 0.3) is 0 Å². The summed E-state index contributed by atoms with van der Waals surface area (Å²) in [7, 11) is 0. The maximum atomic E-state index is 12.1. The lowest BCUT2D eigenvalue weighted by Crippen LogP contribution is -2.27. The van der Waals surface area contributed by atoms with Crippen LogP contribution < -0.4 is 5.32 Å². The third-order valence-electron chi connectivity index (χ3n) is 3.54. The van der Waals surface area contributed by atoms with Crippen molar-refractivity contribution in [3.8, 4) is 0 Å². The summed E-state index contributed by atoms with van der Waals surface area (Å²) in [6.45, 7) is 16.5. The van der Waals surface area contributed by atoms with Gasteiger partial charge in [-0.2, -0.15) is 0 Å². The molecular formula is C18H23N3O5. The molecule has 2 rings (SSSR count). The molecule has 0 aromatic carbocycles. The highest BCUT2D eigenvalue weighted by Crippen LogP contribution is 2.34. The smallest absolute Gasteiger partial charge is 0.412 e. The van der Waals surface area contributed by atoms with Crippen LogP contribution in [0.3, 0.4) is 0 Å². The van der Waals surface area contributed by atoms with Gasteiger partial charge in [0.1, 0.15) is 11.3 Å². The normalized spacial score (nSPS) is 17.0. The Kier molecular flexibility index (Phi) is 5.73. The molecule has 26 heavy (non-hydrogen) atoms. The van der Waals surface area contributed by atoms with Gasteiger partial charge in [-0.05, 0) is 40.7 Å². The third kappa shape index (κ3) is 4.43. The molecule has 0 radical (unpaired) electrons. The molecule has 1 amide bonds. The van der Waals surface area contributed by atoms with Gasteiger partial charge in [0.15, 0.2) is 0 Å². The Morgan fingerprint density at radius 3 is 2.73 bits per heavy atom. The number of hydrogen-bond acceptors (Lipinski definition) is 5. The Morgan fingerprint density at radius 1 is 1.46 bits per heavy atom. The number of amides is 1. The summed E-state index contributed by atoms with van der Waals surface area (Å²) in [6.07, 6.45) is -1.02. The van der Waals surface area contributed by atoms with Crippen molar-refractivity contribution in [1.29, 1.82) is 0 Å². The van der Waals surface area contributed by atoms with E-state index in [-0.39, 0.29) is 25.0 Å². The summed E-state index contributed by atoms with van der Waals surface area (Å²) in [4.78, 5) is 30.7. The largest absolute Gasteiger partial charge is 0.461 e. The van der Waals surface area contributed by atoms with Crippen LogP contribution in [0, 0.1) is 6.57 Å². The number of H-pyrrole nitrogens is 1. The Hall–Kier alpha value is -2.79. The van der Waals surface area contributed by atoms with Gasteiger partial charge in [0, 0.05) is 5.57 Å². The van der Waals surface area contributed by atoms with Gasteiger partial charge in [-0.3, -0.25) is 5.32 Å². The second-order valence-corrected chi connectivity index (χ2v) is 6.75. The van der Waals surface area contributed by atoms with Crippen molar-refractivity contribution >= 4 is 23.3 Å². The van der Waals surface area contributed by atoms with Crippen LogP contribution in [-0.4, -0.2) is 42.0 Å². The molecule has 1 atom stereocenters. The Bertz CT molecular complexity index is 780. The summed E-state index contributed by atoms with van der Waals surface area (Å²) in [5.41, 5.74) is 1.29. The maximum Gasteiger partial charge on any atom is 0.412 e. The van der Waals surface area contributed by atoms with Gasteiger partial charge >= 0.3 is 12.1 Å². The van der Waals surface area contributed by atoms with Gasteiger partial charge in [0.05, 0.1) is 37.3 Å². The lowest BCUT2D eigenvalue weighted by atomic mass is 10.1. The van der Waals surface area contributed by atoms with Gasteiger partial charge in [-0.15, -0.1) is 0 Å². The van der Waals surface area contributed by atoms with Crippen molar-refractivity contribution in [3.05, 3.63) is 34.6 Å². The molecular weight excluding hydrogens is 338 g/mol. The Balaban J connectivity index is 2.42. The number of anilines is 1. The summed E-state index contributed by atoms with van der Waals surface area (Å²) in [5.74, 6) is -0.553. The molecule has 1 aromatic rings. The zero-order valence-corrected chi connectivity index (χ0v) is 15.6. The van der Waals surface area contributed by atoms with E-state index in [9.17, 15) is 9.59 Å². The molecule has 2 N–H and O–H groups in total. The predicted octanol–water partition coefficient (Wildman–Crippen LogP) is 3.59. The van der Waals surface area contributed by atoms with Crippen LogP contribution >= 0.6 is 0 Å². The van der Waals surface area contributed by atoms with Crippen molar-refractivity contribution in [1.82, 2.24) is 4.98 Å². The number of aromatic nitrogens is 1. The van der Waals surface area contributed by atoms with Crippen LogP contribution in [0.4, 0.5) is 10.5 Å². The number of hydrogen-bond donors (Lipinski definition) is 2. The van der Waals surface area contributed by atoms with E-state index in [0.29, 0.717) is 22.7 Å². The first kappa shape index (κ1) is 19.5. The van der Waals surface area contributed by atoms with E-state index >= 15 is 0 Å². The third-order valence-corrected chi connectivity index (χ3v) is 3.54. The Labute approximate surface area is 152 Å². The number of carbonyl (C=O) groups is 2. The van der Waals surface area contributed by atoms with Crippen LogP contribution in [0.1, 0.15) is 50.8 Å². The molecule has 8 nitrogen and oxygen atoms in total. The van der Waals surface area contributed by atoms with Gasteiger partial charge in [0.2, 0.25) is 5.70 Å². The zero-order valence-electron chi connectivity index (χ0n) is 15.6. The number of nitrogens with zero attached hydrogens (tertiary/aromatic N) is 1. The lowest BCUT2D eigenvalue weighted by Gasteiger charge is -2.19. The SMILES string of the molecule is [C-]#[N+]C1=C(c2[nH]c(C(=O)OCC)cc2NC(=O)OC(C)(C)C)COC1C. The summed E-state index contributed by atoms with van der Waals surface area (Å²) in [5, 5.41) is 2.63. The van der Waals surface area contributed by atoms with Crippen LogP contribution in [-0.2, 0) is 14.2 Å². The standard InChI is InChI=1S/C18H23N3O5/c1-7-24-16(22)13-8-12(21-17(23)26-18(3,4)5)15(20-13)11-9-25-10(2)14(11)19-6/h8,10,20H,7,9H2,1-5H3,(H,21,23). The fraction of sp³-hybridized carbons (Fsp3) is 0.500. The van der Waals surface area contributed by atoms with Gasteiger partial charge in [-0.1, -0.05) is 0 Å². The van der Waals surface area contributed by atoms with Gasteiger partial charge in [-0.25, -0.2) is 14.4 Å². The number of aromatic amines is 1. The fourth-order valence-corrected chi connectivity index (χ4v) is 2.49. The molecule has 0 saturated heterocycles. The molecule has 8 heteroatoms. The van der Waals surface area contributed by atoms with Crippen molar-refractivity contribution in [2.75, 3.05) is 18.5 Å². The van der Waals surface area contributed by atoms with Crippen LogP contribution in [0.2, 0.25) is 0 Å². The van der Waals surface area contributed by atoms with Crippen molar-refractivity contribution in [2.24, 2.45) is 0 Å². The first-order valence-electron chi connectivity index (χ1n) is 8.28. The summed E-state index contributed by atoms with van der Waals surface area (Å²) < 4.78 is 15.8. The van der Waals surface area contributed by atoms with Gasteiger partial charge < -0.3 is 19.2 Å². The molecule has 1 aliphatic rings. The van der Waals surface area contributed by atoms with E-state index in [1.807, 2.05) is 0 Å². The van der Waals surface area contributed by atoms with Crippen molar-refractivity contribution in [2.45, 2.75) is 46.3 Å². The van der Waals surface area contributed by atoms with E-state index in [2.05, 4.69) is 15.1 Å². The number of esters is 1.